The second-order valence-corrected chi connectivity index (χ2v) is 8.56. The molecule has 0 radical (unpaired) electrons. The third kappa shape index (κ3) is 3.09. The molecule has 2 aromatic rings. The number of nitrogens with zero attached hydrogens (tertiary/aromatic N) is 3. The van der Waals surface area contributed by atoms with Crippen LogP contribution in [-0.2, 0) is 0 Å². The molecular formula is C17H17BrN4O3S. The van der Waals surface area contributed by atoms with Crippen LogP contribution in [-0.4, -0.2) is 37.9 Å². The second kappa shape index (κ2) is 6.62. The molecule has 0 saturated heterocycles. The lowest BCUT2D eigenvalue weighted by atomic mass is 9.53. The van der Waals surface area contributed by atoms with Crippen LogP contribution < -0.4 is 10.5 Å². The van der Waals surface area contributed by atoms with E-state index in [2.05, 4.69) is 26.1 Å². The van der Waals surface area contributed by atoms with Gasteiger partial charge in [0.05, 0.1) is 27.9 Å². The van der Waals surface area contributed by atoms with E-state index in [0.717, 1.165) is 25.7 Å². The number of amides is 2. The number of rotatable bonds is 5. The van der Waals surface area contributed by atoms with Crippen molar-refractivity contribution in [1.29, 1.82) is 0 Å². The quantitative estimate of drug-likeness (QED) is 0.726. The van der Waals surface area contributed by atoms with Crippen molar-refractivity contribution in [1.82, 2.24) is 13.9 Å². The van der Waals surface area contributed by atoms with Crippen LogP contribution >= 0.6 is 27.5 Å². The molecule has 26 heavy (non-hydrogen) atoms. The average molecular weight is 437 g/mol. The highest BCUT2D eigenvalue weighted by atomic mass is 79.9. The maximum Gasteiger partial charge on any atom is 0.275 e. The summed E-state index contributed by atoms with van der Waals surface area (Å²) in [5.41, 5.74) is 7.54. The van der Waals surface area contributed by atoms with Crippen molar-refractivity contribution in [2.24, 2.45) is 11.1 Å². The summed E-state index contributed by atoms with van der Waals surface area (Å²) in [5, 5.41) is 0. The monoisotopic (exact) mass is 436 g/mol. The number of halogens is 1. The van der Waals surface area contributed by atoms with E-state index < -0.39 is 5.91 Å². The fourth-order valence-corrected chi connectivity index (χ4v) is 5.00. The summed E-state index contributed by atoms with van der Waals surface area (Å²) < 4.78 is 7.51. The Kier molecular flexibility index (Phi) is 4.44. The van der Waals surface area contributed by atoms with Crippen LogP contribution in [0.1, 0.15) is 45.7 Å². The van der Waals surface area contributed by atoms with Gasteiger partial charge in [-0.1, -0.05) is 0 Å². The Morgan fingerprint density at radius 3 is 2.77 bits per heavy atom. The van der Waals surface area contributed by atoms with Gasteiger partial charge in [-0.2, -0.15) is 0 Å². The predicted molar refractivity (Wildman–Crippen MR) is 99.1 cm³/mol. The molecule has 4 rings (SSSR count). The lowest BCUT2D eigenvalue weighted by Gasteiger charge is -2.58. The minimum Gasteiger partial charge on any atom is -0.474 e. The molecule has 2 amide bonds. The minimum absolute atomic E-state index is 0.0323. The number of ether oxygens (including phenoxy) is 1. The SMILES string of the molecule is NC(=O)c1cccnc1OC1CC2(C1)CC(N(Br)C(=O)c1cncs1)C2. The van der Waals surface area contributed by atoms with E-state index in [1.165, 1.54) is 11.3 Å². The zero-order chi connectivity index (χ0) is 18.3. The Morgan fingerprint density at radius 1 is 1.35 bits per heavy atom. The molecule has 9 heteroatoms. The number of primary amides is 1. The van der Waals surface area contributed by atoms with Gasteiger partial charge in [0.2, 0.25) is 5.88 Å². The summed E-state index contributed by atoms with van der Waals surface area (Å²) in [4.78, 5) is 32.5. The number of hydrogen-bond acceptors (Lipinski definition) is 6. The van der Waals surface area contributed by atoms with E-state index in [-0.39, 0.29) is 23.5 Å². The molecule has 0 bridgehead atoms. The summed E-state index contributed by atoms with van der Waals surface area (Å²) in [6.07, 6.45) is 6.88. The summed E-state index contributed by atoms with van der Waals surface area (Å²) in [5.74, 6) is -0.278. The average Bonchev–Trinajstić information content (AvgIpc) is 3.09. The number of hydrogen-bond donors (Lipinski definition) is 1. The van der Waals surface area contributed by atoms with E-state index in [0.29, 0.717) is 16.3 Å². The summed E-state index contributed by atoms with van der Waals surface area (Å²) >= 11 is 4.75. The highest BCUT2D eigenvalue weighted by molar-refractivity contribution is 9.07. The van der Waals surface area contributed by atoms with Gasteiger partial charge in [-0.25, -0.2) is 4.98 Å². The third-order valence-electron chi connectivity index (χ3n) is 5.13. The zero-order valence-corrected chi connectivity index (χ0v) is 16.2. The van der Waals surface area contributed by atoms with E-state index >= 15 is 0 Å². The van der Waals surface area contributed by atoms with E-state index in [9.17, 15) is 9.59 Å². The molecule has 2 N–H and O–H groups in total. The predicted octanol–water partition coefficient (Wildman–Crippen LogP) is 2.78. The lowest BCUT2D eigenvalue weighted by Crippen LogP contribution is -2.58. The molecule has 2 saturated carbocycles. The molecule has 2 heterocycles. The van der Waals surface area contributed by atoms with Gasteiger partial charge in [-0.3, -0.25) is 18.5 Å². The second-order valence-electron chi connectivity index (χ2n) is 6.91. The summed E-state index contributed by atoms with van der Waals surface area (Å²) in [7, 11) is 0. The number of pyridine rings is 1. The van der Waals surface area contributed by atoms with Crippen LogP contribution in [0.25, 0.3) is 0 Å². The van der Waals surface area contributed by atoms with Crippen molar-refractivity contribution in [3.8, 4) is 5.88 Å². The largest absolute Gasteiger partial charge is 0.474 e. The van der Waals surface area contributed by atoms with Gasteiger partial charge in [-0.05, 0) is 43.2 Å². The number of nitrogens with two attached hydrogens (primary N) is 1. The first-order chi connectivity index (χ1) is 12.5. The van der Waals surface area contributed by atoms with Gasteiger partial charge in [-0.15, -0.1) is 11.3 Å². The van der Waals surface area contributed by atoms with Gasteiger partial charge in [0.15, 0.2) is 0 Å². The van der Waals surface area contributed by atoms with Crippen molar-refractivity contribution in [2.45, 2.75) is 37.8 Å². The maximum atomic E-state index is 12.3. The summed E-state index contributed by atoms with van der Waals surface area (Å²) in [6, 6.07) is 3.46. The maximum absolute atomic E-state index is 12.3. The van der Waals surface area contributed by atoms with Crippen LogP contribution in [0, 0.1) is 5.41 Å². The molecular weight excluding hydrogens is 420 g/mol. The molecule has 0 aromatic carbocycles. The van der Waals surface area contributed by atoms with Crippen molar-refractivity contribution in [2.75, 3.05) is 0 Å². The molecule has 1 spiro atoms. The molecule has 0 atom stereocenters. The van der Waals surface area contributed by atoms with Crippen LogP contribution in [0.5, 0.6) is 5.88 Å². The highest BCUT2D eigenvalue weighted by Crippen LogP contribution is 2.58. The molecule has 136 valence electrons. The number of thiazole rings is 1. The van der Waals surface area contributed by atoms with Crippen molar-refractivity contribution in [3.05, 3.63) is 40.5 Å². The first-order valence-electron chi connectivity index (χ1n) is 8.27. The van der Waals surface area contributed by atoms with Crippen molar-refractivity contribution >= 4 is 39.3 Å². The Morgan fingerprint density at radius 2 is 2.12 bits per heavy atom. The fourth-order valence-electron chi connectivity index (χ4n) is 3.85. The molecule has 7 nitrogen and oxygen atoms in total. The van der Waals surface area contributed by atoms with Gasteiger partial charge in [0.1, 0.15) is 16.5 Å². The normalized spacial score (nSPS) is 26.7. The molecule has 2 aromatic heterocycles. The van der Waals surface area contributed by atoms with Crippen LogP contribution in [0.4, 0.5) is 0 Å². The molecule has 2 fully saturated rings. The smallest absolute Gasteiger partial charge is 0.275 e. The Balaban J connectivity index is 1.30. The lowest BCUT2D eigenvalue weighted by molar-refractivity contribution is -0.0946. The van der Waals surface area contributed by atoms with E-state index in [1.54, 1.807) is 34.0 Å². The van der Waals surface area contributed by atoms with Crippen LogP contribution in [0.2, 0.25) is 0 Å². The topological polar surface area (TPSA) is 98.4 Å². The molecule has 0 aliphatic heterocycles. The van der Waals surface area contributed by atoms with Gasteiger partial charge in [0.25, 0.3) is 11.8 Å². The highest BCUT2D eigenvalue weighted by Gasteiger charge is 2.56. The van der Waals surface area contributed by atoms with Crippen LogP contribution in [0.15, 0.2) is 30.0 Å². The number of carbonyl (C=O) groups excluding carboxylic acids is 2. The third-order valence-corrected chi connectivity index (χ3v) is 6.79. The van der Waals surface area contributed by atoms with E-state index in [1.807, 2.05) is 0 Å². The Hall–Kier alpha value is -2.00. The van der Waals surface area contributed by atoms with Crippen molar-refractivity contribution in [3.63, 3.8) is 0 Å². The molecule has 0 unspecified atom stereocenters. The Labute approximate surface area is 162 Å². The zero-order valence-electron chi connectivity index (χ0n) is 13.8. The van der Waals surface area contributed by atoms with Crippen LogP contribution in [0.3, 0.4) is 0 Å². The van der Waals surface area contributed by atoms with Gasteiger partial charge >= 0.3 is 0 Å². The first-order valence-corrected chi connectivity index (χ1v) is 9.86. The summed E-state index contributed by atoms with van der Waals surface area (Å²) in [6.45, 7) is 0. The molecule has 2 aliphatic rings. The molecule has 2 aliphatic carbocycles. The minimum atomic E-state index is -0.539. The van der Waals surface area contributed by atoms with Crippen molar-refractivity contribution < 1.29 is 14.3 Å². The fraction of sp³-hybridized carbons (Fsp3) is 0.412. The standard InChI is InChI=1S/C17H17BrN4O3S/c18-22(16(24)13-8-20-9-26-13)10-4-17(5-10)6-11(7-17)25-15-12(14(19)23)2-1-3-21-15/h1-3,8-11H,4-7H2,(H2,19,23). The van der Waals surface area contributed by atoms with Gasteiger partial charge in [0, 0.05) is 12.2 Å². The first kappa shape index (κ1) is 17.4. The van der Waals surface area contributed by atoms with E-state index in [4.69, 9.17) is 10.5 Å². The number of aromatic nitrogens is 2. The Bertz CT molecular complexity index is 830. The number of carbonyl (C=O) groups is 2. The van der Waals surface area contributed by atoms with Gasteiger partial charge < -0.3 is 10.5 Å².